The molecule has 8 nitrogen and oxygen atoms in total. The van der Waals surface area contributed by atoms with Gasteiger partial charge in [0.15, 0.2) is 0 Å². The number of hydrogen-bond donors (Lipinski definition) is 4. The summed E-state index contributed by atoms with van der Waals surface area (Å²) in [7, 11) is 1.95. The Morgan fingerprint density at radius 3 is 2.50 bits per heavy atom. The lowest BCUT2D eigenvalue weighted by atomic mass is 9.85. The Kier molecular flexibility index (Phi) is 9.06. The first-order valence-electron chi connectivity index (χ1n) is 12.9. The van der Waals surface area contributed by atoms with Crippen molar-refractivity contribution in [3.05, 3.63) is 47.2 Å². The first-order valence-corrected chi connectivity index (χ1v) is 12.9. The van der Waals surface area contributed by atoms with Crippen LogP contribution in [0, 0.1) is 22.2 Å². The molecule has 3 rings (SSSR count). The van der Waals surface area contributed by atoms with Gasteiger partial charge in [0.25, 0.3) is 0 Å². The molecule has 1 aliphatic carbocycles. The van der Waals surface area contributed by atoms with Crippen LogP contribution in [0.4, 0.5) is 4.79 Å². The Morgan fingerprint density at radius 2 is 1.89 bits per heavy atom. The summed E-state index contributed by atoms with van der Waals surface area (Å²) in [5.74, 6) is 1.66. The van der Waals surface area contributed by atoms with E-state index in [0.717, 1.165) is 36.3 Å². The lowest BCUT2D eigenvalue weighted by Crippen LogP contribution is -2.31. The van der Waals surface area contributed by atoms with E-state index in [4.69, 9.17) is 15.6 Å². The Morgan fingerprint density at radius 1 is 1.22 bits per heavy atom. The third-order valence-corrected chi connectivity index (χ3v) is 6.77. The highest BCUT2D eigenvalue weighted by molar-refractivity contribution is 5.99. The number of rotatable bonds is 9. The van der Waals surface area contributed by atoms with Crippen molar-refractivity contribution in [2.24, 2.45) is 16.3 Å². The summed E-state index contributed by atoms with van der Waals surface area (Å²) >= 11 is 0. The fraction of sp³-hybridized carbons (Fsp3) is 0.571. The quantitative estimate of drug-likeness (QED) is 0.155. The standard InChI is InChI=1S/C28H42N6O2/c1-18(2)22(13-14-25(30)34(6)26-17-32-26)36-23-12-11-21(19-9-7-8-10-20(19)23)33-27(35)31-16-15-24(29)28(3,4)5/h7-10,13,16,18,21,23,26,29-30,32H,11-12,14-15,17H2,1-6H3,(H,33,35)/b22-13+,29-24?,30-25?,31-16?. The number of likely N-dealkylation sites (N-methyl/N-ethyl adjacent to an activating group) is 1. The molecule has 196 valence electrons. The van der Waals surface area contributed by atoms with Crippen molar-refractivity contribution in [3.63, 3.8) is 0 Å². The zero-order valence-electron chi connectivity index (χ0n) is 22.5. The second-order valence-electron chi connectivity index (χ2n) is 11.0. The maximum absolute atomic E-state index is 12.5. The normalized spacial score (nSPS) is 21.8. The van der Waals surface area contributed by atoms with E-state index in [-0.39, 0.29) is 35.7 Å². The van der Waals surface area contributed by atoms with E-state index in [1.54, 1.807) is 0 Å². The maximum Gasteiger partial charge on any atom is 0.341 e. The second kappa shape index (κ2) is 11.8. The molecule has 1 fully saturated rings. The predicted octanol–water partition coefficient (Wildman–Crippen LogP) is 5.58. The largest absolute Gasteiger partial charge is 0.490 e. The highest BCUT2D eigenvalue weighted by Gasteiger charge is 2.30. The number of allylic oxidation sites excluding steroid dienone is 1. The van der Waals surface area contributed by atoms with Gasteiger partial charge in [0, 0.05) is 44.3 Å². The van der Waals surface area contributed by atoms with Crippen molar-refractivity contribution >= 4 is 23.8 Å². The Balaban J connectivity index is 1.65. The molecule has 8 heteroatoms. The molecule has 4 N–H and O–H groups in total. The summed E-state index contributed by atoms with van der Waals surface area (Å²) in [6.45, 7) is 11.1. The molecule has 0 radical (unpaired) electrons. The fourth-order valence-electron chi connectivity index (χ4n) is 4.18. The number of carbonyl (C=O) groups excluding carboxylic acids is 1. The van der Waals surface area contributed by atoms with Crippen LogP contribution in [-0.4, -0.2) is 48.5 Å². The van der Waals surface area contributed by atoms with Crippen LogP contribution in [0.25, 0.3) is 0 Å². The van der Waals surface area contributed by atoms with Crippen molar-refractivity contribution in [2.75, 3.05) is 13.6 Å². The molecule has 1 aliphatic heterocycles. The van der Waals surface area contributed by atoms with Gasteiger partial charge in [0.05, 0.1) is 18.0 Å². The van der Waals surface area contributed by atoms with Crippen LogP contribution in [-0.2, 0) is 4.74 Å². The van der Waals surface area contributed by atoms with Gasteiger partial charge in [0.2, 0.25) is 0 Å². The van der Waals surface area contributed by atoms with Crippen LogP contribution in [0.1, 0.15) is 83.6 Å². The van der Waals surface area contributed by atoms with Crippen LogP contribution in [0.5, 0.6) is 0 Å². The summed E-state index contributed by atoms with van der Waals surface area (Å²) < 4.78 is 6.53. The van der Waals surface area contributed by atoms with Crippen molar-refractivity contribution in [3.8, 4) is 0 Å². The molecule has 0 aromatic heterocycles. The Bertz CT molecular complexity index is 1020. The van der Waals surface area contributed by atoms with Gasteiger partial charge in [-0.3, -0.25) is 10.7 Å². The molecule has 0 bridgehead atoms. The highest BCUT2D eigenvalue weighted by atomic mass is 16.5. The van der Waals surface area contributed by atoms with Gasteiger partial charge in [-0.15, -0.1) is 0 Å². The minimum atomic E-state index is -0.383. The summed E-state index contributed by atoms with van der Waals surface area (Å²) in [6, 6.07) is 7.58. The highest BCUT2D eigenvalue weighted by Crippen LogP contribution is 2.40. The van der Waals surface area contributed by atoms with Gasteiger partial charge in [-0.25, -0.2) is 9.79 Å². The molecule has 1 aromatic carbocycles. The molecular weight excluding hydrogens is 452 g/mol. The number of ether oxygens (including phenoxy) is 1. The zero-order chi connectivity index (χ0) is 26.5. The minimum absolute atomic E-state index is 0.101. The van der Waals surface area contributed by atoms with Crippen LogP contribution < -0.4 is 10.6 Å². The molecule has 36 heavy (non-hydrogen) atoms. The second-order valence-corrected chi connectivity index (χ2v) is 11.0. The number of amides is 2. The molecular formula is C28H42N6O2. The van der Waals surface area contributed by atoms with Crippen molar-refractivity contribution in [1.29, 1.82) is 10.8 Å². The number of nitrogens with one attached hydrogen (secondary N) is 4. The number of fused-ring (bicyclic) bond motifs is 1. The molecule has 3 unspecified atom stereocenters. The van der Waals surface area contributed by atoms with E-state index in [2.05, 4.69) is 35.5 Å². The lowest BCUT2D eigenvalue weighted by molar-refractivity contribution is 0.0781. The number of aliphatic imine (C=N–C) groups is 1. The van der Waals surface area contributed by atoms with Crippen molar-refractivity contribution in [2.45, 2.75) is 78.6 Å². The summed E-state index contributed by atoms with van der Waals surface area (Å²) in [4.78, 5) is 18.5. The number of amidine groups is 1. The third-order valence-electron chi connectivity index (χ3n) is 6.77. The van der Waals surface area contributed by atoms with Gasteiger partial charge < -0.3 is 20.4 Å². The molecule has 2 aliphatic rings. The molecule has 1 heterocycles. The van der Waals surface area contributed by atoms with Crippen LogP contribution in [0.3, 0.4) is 0 Å². The van der Waals surface area contributed by atoms with E-state index < -0.39 is 0 Å². The van der Waals surface area contributed by atoms with E-state index >= 15 is 0 Å². The molecule has 0 saturated carbocycles. The van der Waals surface area contributed by atoms with E-state index in [0.29, 0.717) is 24.4 Å². The lowest BCUT2D eigenvalue weighted by Gasteiger charge is -2.33. The zero-order valence-corrected chi connectivity index (χ0v) is 22.5. The summed E-state index contributed by atoms with van der Waals surface area (Å²) in [5, 5.41) is 22.7. The summed E-state index contributed by atoms with van der Waals surface area (Å²) in [6.07, 6.45) is 6.15. The van der Waals surface area contributed by atoms with Crippen molar-refractivity contribution < 1.29 is 9.53 Å². The van der Waals surface area contributed by atoms with Gasteiger partial charge in [-0.1, -0.05) is 58.9 Å². The van der Waals surface area contributed by atoms with E-state index in [1.165, 1.54) is 6.21 Å². The number of urea groups is 1. The van der Waals surface area contributed by atoms with Crippen LogP contribution in [0.2, 0.25) is 0 Å². The van der Waals surface area contributed by atoms with Crippen LogP contribution in [0.15, 0.2) is 41.1 Å². The number of hydrogen-bond acceptors (Lipinski definition) is 5. The van der Waals surface area contributed by atoms with Crippen molar-refractivity contribution in [1.82, 2.24) is 15.5 Å². The smallest absolute Gasteiger partial charge is 0.341 e. The minimum Gasteiger partial charge on any atom is -0.490 e. The number of benzene rings is 1. The molecule has 2 amide bonds. The number of nitrogens with zero attached hydrogens (tertiary/aromatic N) is 2. The monoisotopic (exact) mass is 494 g/mol. The molecule has 1 saturated heterocycles. The van der Waals surface area contributed by atoms with Gasteiger partial charge in [0.1, 0.15) is 11.9 Å². The Hall–Kier alpha value is -3.00. The first kappa shape index (κ1) is 27.6. The van der Waals surface area contributed by atoms with Gasteiger partial charge >= 0.3 is 6.03 Å². The first-order chi connectivity index (χ1) is 17.0. The fourth-order valence-corrected chi connectivity index (χ4v) is 4.18. The van der Waals surface area contributed by atoms with E-state index in [9.17, 15) is 4.79 Å². The SMILES string of the molecule is CC(C)/C(=C\CC(=N)N(C)C1CN1)OC1CCC(NC(=O)N=CCC(=N)C(C)(C)C)c2ccccc21. The van der Waals surface area contributed by atoms with E-state index in [1.807, 2.05) is 57.0 Å². The summed E-state index contributed by atoms with van der Waals surface area (Å²) in [5.41, 5.74) is 2.44. The topological polar surface area (TPSA) is 124 Å². The average Bonchev–Trinajstić information content (AvgIpc) is 3.67. The number of carbonyl (C=O) groups is 1. The maximum atomic E-state index is 12.5. The third kappa shape index (κ3) is 7.50. The molecule has 3 atom stereocenters. The Labute approximate surface area is 215 Å². The predicted molar refractivity (Wildman–Crippen MR) is 146 cm³/mol. The average molecular weight is 495 g/mol. The molecule has 1 aromatic rings. The van der Waals surface area contributed by atoms with Gasteiger partial charge in [-0.05, 0) is 35.5 Å². The molecule has 0 spiro atoms. The van der Waals surface area contributed by atoms with Gasteiger partial charge in [-0.2, -0.15) is 0 Å². The van der Waals surface area contributed by atoms with Crippen LogP contribution >= 0.6 is 0 Å².